The summed E-state index contributed by atoms with van der Waals surface area (Å²) >= 11 is 3.50. The fourth-order valence-corrected chi connectivity index (χ4v) is 4.55. The van der Waals surface area contributed by atoms with Crippen LogP contribution in [-0.4, -0.2) is 30.1 Å². The number of anilines is 1. The Morgan fingerprint density at radius 2 is 1.60 bits per heavy atom. The smallest absolute Gasteiger partial charge is 0.322 e. The zero-order valence-electron chi connectivity index (χ0n) is 19.9. The molecule has 0 fully saturated rings. The number of aromatic nitrogens is 1. The van der Waals surface area contributed by atoms with Crippen LogP contribution >= 0.6 is 15.9 Å². The van der Waals surface area contributed by atoms with Gasteiger partial charge in [-0.1, -0.05) is 51.8 Å². The molecule has 2 heterocycles. The molecule has 0 spiro atoms. The van der Waals surface area contributed by atoms with Crippen molar-refractivity contribution in [2.45, 2.75) is 26.8 Å². The fourth-order valence-electron chi connectivity index (χ4n) is 4.28. The molecule has 1 aliphatic rings. The van der Waals surface area contributed by atoms with Gasteiger partial charge in [0.1, 0.15) is 0 Å². The monoisotopic (exact) mass is 534 g/mol. The van der Waals surface area contributed by atoms with E-state index < -0.39 is 23.9 Å². The fraction of sp³-hybridized carbons (Fsp3) is 0.250. The number of fused-ring (bicyclic) bond motifs is 1. The SMILES string of the molecule is CCOC(=O)C(C(=O)OCC)C1c2cccnc2C=C(c2ccc(C)cc2)N1c1ccc(Br)cc1. The zero-order chi connectivity index (χ0) is 24.9. The zero-order valence-corrected chi connectivity index (χ0v) is 21.5. The molecule has 3 aromatic rings. The molecular weight excluding hydrogens is 508 g/mol. The van der Waals surface area contributed by atoms with E-state index in [1.807, 2.05) is 78.6 Å². The number of ether oxygens (including phenoxy) is 2. The number of pyridine rings is 1. The van der Waals surface area contributed by atoms with Crippen LogP contribution in [0.2, 0.25) is 0 Å². The van der Waals surface area contributed by atoms with E-state index in [1.165, 1.54) is 0 Å². The summed E-state index contributed by atoms with van der Waals surface area (Å²) in [4.78, 5) is 33.2. The summed E-state index contributed by atoms with van der Waals surface area (Å²) in [5.74, 6) is -2.47. The quantitative estimate of drug-likeness (QED) is 0.275. The normalized spacial score (nSPS) is 14.8. The third kappa shape index (κ3) is 5.15. The molecule has 35 heavy (non-hydrogen) atoms. The molecule has 4 rings (SSSR count). The Labute approximate surface area is 213 Å². The molecule has 1 unspecified atom stereocenters. The first kappa shape index (κ1) is 24.7. The van der Waals surface area contributed by atoms with Crippen LogP contribution in [0.25, 0.3) is 11.8 Å². The maximum absolute atomic E-state index is 13.3. The van der Waals surface area contributed by atoms with Gasteiger partial charge < -0.3 is 14.4 Å². The van der Waals surface area contributed by atoms with Gasteiger partial charge in [-0.15, -0.1) is 0 Å². The van der Waals surface area contributed by atoms with Crippen LogP contribution in [0.4, 0.5) is 5.69 Å². The highest BCUT2D eigenvalue weighted by molar-refractivity contribution is 9.10. The average molecular weight is 535 g/mol. The van der Waals surface area contributed by atoms with Crippen LogP contribution in [0.1, 0.15) is 42.3 Å². The summed E-state index contributed by atoms with van der Waals surface area (Å²) in [6.07, 6.45) is 3.70. The first-order valence-corrected chi connectivity index (χ1v) is 12.4. The van der Waals surface area contributed by atoms with Crippen LogP contribution < -0.4 is 4.90 Å². The number of nitrogens with zero attached hydrogens (tertiary/aromatic N) is 2. The van der Waals surface area contributed by atoms with Gasteiger partial charge in [0, 0.05) is 21.9 Å². The number of rotatable bonds is 7. The molecule has 0 bridgehead atoms. The van der Waals surface area contributed by atoms with E-state index in [-0.39, 0.29) is 13.2 Å². The van der Waals surface area contributed by atoms with Crippen molar-refractivity contribution in [2.24, 2.45) is 5.92 Å². The Morgan fingerprint density at radius 1 is 0.971 bits per heavy atom. The second kappa shape index (κ2) is 10.9. The topological polar surface area (TPSA) is 68.7 Å². The summed E-state index contributed by atoms with van der Waals surface area (Å²) < 4.78 is 11.7. The van der Waals surface area contributed by atoms with Crippen molar-refractivity contribution in [1.82, 2.24) is 4.98 Å². The van der Waals surface area contributed by atoms with E-state index >= 15 is 0 Å². The van der Waals surface area contributed by atoms with Crippen molar-refractivity contribution in [2.75, 3.05) is 18.1 Å². The second-order valence-corrected chi connectivity index (χ2v) is 9.06. The van der Waals surface area contributed by atoms with Gasteiger partial charge in [0.25, 0.3) is 0 Å². The molecule has 0 N–H and O–H groups in total. The molecule has 1 aromatic heterocycles. The number of halogens is 1. The van der Waals surface area contributed by atoms with Gasteiger partial charge in [-0.05, 0) is 62.7 Å². The van der Waals surface area contributed by atoms with Gasteiger partial charge in [0.05, 0.1) is 30.6 Å². The van der Waals surface area contributed by atoms with E-state index in [9.17, 15) is 9.59 Å². The summed E-state index contributed by atoms with van der Waals surface area (Å²) in [6.45, 7) is 5.78. The van der Waals surface area contributed by atoms with Crippen LogP contribution in [0.3, 0.4) is 0 Å². The predicted molar refractivity (Wildman–Crippen MR) is 139 cm³/mol. The second-order valence-electron chi connectivity index (χ2n) is 8.15. The lowest BCUT2D eigenvalue weighted by Gasteiger charge is -2.41. The van der Waals surface area contributed by atoms with E-state index in [2.05, 4.69) is 20.9 Å². The molecule has 1 atom stereocenters. The molecule has 0 radical (unpaired) electrons. The minimum Gasteiger partial charge on any atom is -0.465 e. The maximum atomic E-state index is 13.3. The number of hydrogen-bond acceptors (Lipinski definition) is 6. The van der Waals surface area contributed by atoms with Crippen LogP contribution in [-0.2, 0) is 19.1 Å². The third-order valence-electron chi connectivity index (χ3n) is 5.85. The summed E-state index contributed by atoms with van der Waals surface area (Å²) in [7, 11) is 0. The molecule has 2 aromatic carbocycles. The van der Waals surface area contributed by atoms with E-state index in [0.29, 0.717) is 5.69 Å². The largest absolute Gasteiger partial charge is 0.465 e. The van der Waals surface area contributed by atoms with E-state index in [1.54, 1.807) is 20.0 Å². The first-order valence-electron chi connectivity index (χ1n) is 11.6. The summed E-state index contributed by atoms with van der Waals surface area (Å²) in [5, 5.41) is 0. The van der Waals surface area contributed by atoms with Gasteiger partial charge in [0.15, 0.2) is 5.92 Å². The Kier molecular flexibility index (Phi) is 7.66. The number of hydrogen-bond donors (Lipinski definition) is 0. The molecule has 180 valence electrons. The van der Waals surface area contributed by atoms with E-state index in [4.69, 9.17) is 9.47 Å². The van der Waals surface area contributed by atoms with Gasteiger partial charge in [0.2, 0.25) is 0 Å². The molecule has 6 nitrogen and oxygen atoms in total. The molecule has 0 saturated carbocycles. The van der Waals surface area contributed by atoms with Crippen molar-refractivity contribution in [3.05, 3.63) is 93.7 Å². The van der Waals surface area contributed by atoms with Crippen LogP contribution in [0.5, 0.6) is 0 Å². The maximum Gasteiger partial charge on any atom is 0.322 e. The Bertz CT molecular complexity index is 1220. The lowest BCUT2D eigenvalue weighted by atomic mass is 9.85. The minimum atomic E-state index is -1.21. The number of carbonyl (C=O) groups excluding carboxylic acids is 2. The lowest BCUT2D eigenvalue weighted by molar-refractivity contribution is -0.162. The molecule has 0 amide bonds. The van der Waals surface area contributed by atoms with Gasteiger partial charge in [-0.25, -0.2) is 0 Å². The number of carbonyl (C=O) groups is 2. The van der Waals surface area contributed by atoms with Crippen molar-refractivity contribution < 1.29 is 19.1 Å². The van der Waals surface area contributed by atoms with Gasteiger partial charge in [-0.2, -0.15) is 0 Å². The van der Waals surface area contributed by atoms with E-state index in [0.717, 1.165) is 32.5 Å². The Morgan fingerprint density at radius 3 is 2.20 bits per heavy atom. The van der Waals surface area contributed by atoms with Crippen molar-refractivity contribution in [3.8, 4) is 0 Å². The van der Waals surface area contributed by atoms with Crippen LogP contribution in [0, 0.1) is 12.8 Å². The van der Waals surface area contributed by atoms with Crippen LogP contribution in [0.15, 0.2) is 71.3 Å². The van der Waals surface area contributed by atoms with Crippen molar-refractivity contribution >= 4 is 45.3 Å². The van der Waals surface area contributed by atoms with Crippen molar-refractivity contribution in [1.29, 1.82) is 0 Å². The molecule has 0 aliphatic carbocycles. The summed E-state index contributed by atoms with van der Waals surface area (Å²) in [6, 6.07) is 18.9. The minimum absolute atomic E-state index is 0.153. The summed E-state index contributed by atoms with van der Waals surface area (Å²) in [5.41, 5.74) is 5.15. The first-order chi connectivity index (χ1) is 16.9. The number of aryl methyl sites for hydroxylation is 1. The van der Waals surface area contributed by atoms with Gasteiger partial charge >= 0.3 is 11.9 Å². The molecule has 7 heteroatoms. The molecule has 0 saturated heterocycles. The Balaban J connectivity index is 1.99. The highest BCUT2D eigenvalue weighted by Crippen LogP contribution is 2.45. The van der Waals surface area contributed by atoms with Gasteiger partial charge in [-0.3, -0.25) is 14.6 Å². The standard InChI is InChI=1S/C28H27BrN2O4/c1-4-34-27(32)25(28(33)35-5-2)26-22-7-6-16-30-23(22)17-24(19-10-8-18(3)9-11-19)31(26)21-14-12-20(29)13-15-21/h6-17,25-26H,4-5H2,1-3H3. The van der Waals surface area contributed by atoms with Crippen molar-refractivity contribution in [3.63, 3.8) is 0 Å². The molecule has 1 aliphatic heterocycles. The predicted octanol–water partition coefficient (Wildman–Crippen LogP) is 5.95. The highest BCUT2D eigenvalue weighted by Gasteiger charge is 2.45. The number of esters is 2. The molecular formula is C28H27BrN2O4. The Hall–Kier alpha value is -3.45. The highest BCUT2D eigenvalue weighted by atomic mass is 79.9. The average Bonchev–Trinajstić information content (AvgIpc) is 2.85. The lowest BCUT2D eigenvalue weighted by Crippen LogP contribution is -2.43. The number of benzene rings is 2. The third-order valence-corrected chi connectivity index (χ3v) is 6.38.